The Hall–Kier alpha value is -2.73. The monoisotopic (exact) mass is 409 g/mol. The van der Waals surface area contributed by atoms with E-state index in [1.807, 2.05) is 49.2 Å². The van der Waals surface area contributed by atoms with Crippen molar-refractivity contribution in [3.05, 3.63) is 65.2 Å². The summed E-state index contributed by atoms with van der Waals surface area (Å²) in [6.07, 6.45) is 5.66. The fourth-order valence-corrected chi connectivity index (χ4v) is 3.96. The van der Waals surface area contributed by atoms with Gasteiger partial charge in [-0.3, -0.25) is 14.9 Å². The maximum atomic E-state index is 13.1. The number of amides is 2. The molecule has 0 heterocycles. The highest BCUT2D eigenvalue weighted by molar-refractivity contribution is 7.80. The quantitative estimate of drug-likeness (QED) is 0.729. The van der Waals surface area contributed by atoms with E-state index < -0.39 is 0 Å². The molecule has 29 heavy (non-hydrogen) atoms. The number of thiocarbonyl (C=S) groups is 1. The third-order valence-corrected chi connectivity index (χ3v) is 5.67. The molecule has 0 aromatic heterocycles. The highest BCUT2D eigenvalue weighted by Gasteiger charge is 2.24. The molecule has 152 valence electrons. The van der Waals surface area contributed by atoms with E-state index in [2.05, 4.69) is 10.6 Å². The number of nitrogens with one attached hydrogen (secondary N) is 2. The molecule has 5 nitrogen and oxygen atoms in total. The van der Waals surface area contributed by atoms with Crippen LogP contribution in [0.1, 0.15) is 58.4 Å². The summed E-state index contributed by atoms with van der Waals surface area (Å²) < 4.78 is 0. The lowest BCUT2D eigenvalue weighted by atomic mass is 9.94. The predicted octanol–water partition coefficient (Wildman–Crippen LogP) is 4.53. The second kappa shape index (κ2) is 9.65. The van der Waals surface area contributed by atoms with Gasteiger partial charge in [0.05, 0.1) is 11.3 Å². The number of benzene rings is 2. The van der Waals surface area contributed by atoms with Crippen molar-refractivity contribution in [2.45, 2.75) is 45.1 Å². The Labute approximate surface area is 177 Å². The topological polar surface area (TPSA) is 61.4 Å². The highest BCUT2D eigenvalue weighted by atomic mass is 32.1. The average Bonchev–Trinajstić information content (AvgIpc) is 2.74. The molecule has 0 unspecified atom stereocenters. The summed E-state index contributed by atoms with van der Waals surface area (Å²) in [5, 5.41) is 5.89. The van der Waals surface area contributed by atoms with Crippen LogP contribution in [0, 0.1) is 6.92 Å². The number of nitrogens with zero attached hydrogens (tertiary/aromatic N) is 1. The molecule has 0 aliphatic heterocycles. The van der Waals surface area contributed by atoms with Crippen LogP contribution >= 0.6 is 12.2 Å². The van der Waals surface area contributed by atoms with Crippen LogP contribution in [-0.4, -0.2) is 34.9 Å². The molecule has 0 radical (unpaired) electrons. The molecule has 2 amide bonds. The Morgan fingerprint density at radius 2 is 1.59 bits per heavy atom. The summed E-state index contributed by atoms with van der Waals surface area (Å²) in [5.74, 6) is -0.309. The fourth-order valence-electron chi connectivity index (χ4n) is 3.75. The minimum atomic E-state index is -0.274. The van der Waals surface area contributed by atoms with Gasteiger partial charge in [-0.05, 0) is 55.7 Å². The fraction of sp³-hybridized carbons (Fsp3) is 0.348. The lowest BCUT2D eigenvalue weighted by Crippen LogP contribution is -2.39. The van der Waals surface area contributed by atoms with E-state index in [1.54, 1.807) is 18.2 Å². The van der Waals surface area contributed by atoms with Gasteiger partial charge in [-0.15, -0.1) is 0 Å². The van der Waals surface area contributed by atoms with Gasteiger partial charge in [0.2, 0.25) is 0 Å². The molecule has 1 fully saturated rings. The Morgan fingerprint density at radius 3 is 2.28 bits per heavy atom. The lowest BCUT2D eigenvalue weighted by molar-refractivity contribution is 0.0697. The minimum absolute atomic E-state index is 0.0342. The smallest absolute Gasteiger partial charge is 0.257 e. The zero-order valence-electron chi connectivity index (χ0n) is 16.9. The van der Waals surface area contributed by atoms with Crippen molar-refractivity contribution in [1.82, 2.24) is 10.2 Å². The Bertz CT molecular complexity index is 907. The van der Waals surface area contributed by atoms with E-state index in [4.69, 9.17) is 12.2 Å². The first kappa shape index (κ1) is 21.0. The number of carbonyl (C=O) groups excluding carboxylic acids is 2. The molecular formula is C23H27N3O2S. The molecule has 6 heteroatoms. The summed E-state index contributed by atoms with van der Waals surface area (Å²) in [6, 6.07) is 14.9. The SMILES string of the molecule is Cc1ccccc1C(=O)NC(=S)Nc1ccccc1C(=O)N(C)C1CCCCC1. The molecular weight excluding hydrogens is 382 g/mol. The number of carbonyl (C=O) groups is 2. The first-order valence-electron chi connectivity index (χ1n) is 10.0. The van der Waals surface area contributed by atoms with Gasteiger partial charge in [0.15, 0.2) is 5.11 Å². The lowest BCUT2D eigenvalue weighted by Gasteiger charge is -2.31. The Kier molecular flexibility index (Phi) is 6.99. The number of para-hydroxylation sites is 1. The molecule has 0 spiro atoms. The van der Waals surface area contributed by atoms with E-state index >= 15 is 0 Å². The number of rotatable bonds is 4. The van der Waals surface area contributed by atoms with Crippen LogP contribution in [0.5, 0.6) is 0 Å². The second-order valence-electron chi connectivity index (χ2n) is 7.48. The summed E-state index contributed by atoms with van der Waals surface area (Å²) in [5.41, 5.74) is 2.58. The number of hydrogen-bond donors (Lipinski definition) is 2. The van der Waals surface area contributed by atoms with Crippen LogP contribution in [0.25, 0.3) is 0 Å². The van der Waals surface area contributed by atoms with Crippen LogP contribution in [0.15, 0.2) is 48.5 Å². The zero-order valence-corrected chi connectivity index (χ0v) is 17.7. The van der Waals surface area contributed by atoms with Crippen molar-refractivity contribution >= 4 is 34.8 Å². The van der Waals surface area contributed by atoms with E-state index in [-0.39, 0.29) is 23.0 Å². The number of aryl methyl sites for hydroxylation is 1. The molecule has 2 N–H and O–H groups in total. The first-order chi connectivity index (χ1) is 14.0. The molecule has 1 aliphatic carbocycles. The predicted molar refractivity (Wildman–Crippen MR) is 120 cm³/mol. The molecule has 2 aromatic rings. The largest absolute Gasteiger partial charge is 0.339 e. The highest BCUT2D eigenvalue weighted by Crippen LogP contribution is 2.25. The van der Waals surface area contributed by atoms with Gasteiger partial charge in [-0.1, -0.05) is 49.6 Å². The normalized spacial score (nSPS) is 14.1. The Balaban J connectivity index is 1.70. The molecule has 3 rings (SSSR count). The second-order valence-corrected chi connectivity index (χ2v) is 7.88. The molecule has 0 atom stereocenters. The zero-order chi connectivity index (χ0) is 20.8. The van der Waals surface area contributed by atoms with Crippen molar-refractivity contribution in [2.75, 3.05) is 12.4 Å². The van der Waals surface area contributed by atoms with Gasteiger partial charge in [0.25, 0.3) is 11.8 Å². The van der Waals surface area contributed by atoms with E-state index in [9.17, 15) is 9.59 Å². The molecule has 1 saturated carbocycles. The summed E-state index contributed by atoms with van der Waals surface area (Å²) >= 11 is 5.32. The maximum Gasteiger partial charge on any atom is 0.257 e. The van der Waals surface area contributed by atoms with Gasteiger partial charge in [0, 0.05) is 18.7 Å². The van der Waals surface area contributed by atoms with E-state index in [1.165, 1.54) is 6.42 Å². The van der Waals surface area contributed by atoms with Crippen molar-refractivity contribution < 1.29 is 9.59 Å². The summed E-state index contributed by atoms with van der Waals surface area (Å²) in [7, 11) is 1.87. The summed E-state index contributed by atoms with van der Waals surface area (Å²) in [4.78, 5) is 27.4. The van der Waals surface area contributed by atoms with Gasteiger partial charge in [-0.2, -0.15) is 0 Å². The van der Waals surface area contributed by atoms with Crippen LogP contribution in [0.3, 0.4) is 0 Å². The standard InChI is InChI=1S/C23H27N3O2S/c1-16-10-6-7-13-18(16)21(27)25-23(29)24-20-15-9-8-14-19(20)22(28)26(2)17-11-4-3-5-12-17/h6-10,13-15,17H,3-5,11-12H2,1-2H3,(H2,24,25,27,29). The van der Waals surface area contributed by atoms with Crippen LogP contribution in [-0.2, 0) is 0 Å². The number of anilines is 1. The van der Waals surface area contributed by atoms with Gasteiger partial charge in [0.1, 0.15) is 0 Å². The maximum absolute atomic E-state index is 13.1. The van der Waals surface area contributed by atoms with Crippen molar-refractivity contribution in [3.63, 3.8) is 0 Å². The number of hydrogen-bond acceptors (Lipinski definition) is 3. The molecule has 1 aliphatic rings. The van der Waals surface area contributed by atoms with Crippen molar-refractivity contribution in [3.8, 4) is 0 Å². The first-order valence-corrected chi connectivity index (χ1v) is 10.4. The van der Waals surface area contributed by atoms with Crippen LogP contribution in [0.4, 0.5) is 5.69 Å². The van der Waals surface area contributed by atoms with Crippen molar-refractivity contribution in [2.24, 2.45) is 0 Å². The van der Waals surface area contributed by atoms with Crippen LogP contribution < -0.4 is 10.6 Å². The van der Waals surface area contributed by atoms with E-state index in [0.29, 0.717) is 16.8 Å². The van der Waals surface area contributed by atoms with E-state index in [0.717, 1.165) is 31.2 Å². The summed E-state index contributed by atoms with van der Waals surface area (Å²) in [6.45, 7) is 1.88. The van der Waals surface area contributed by atoms with Crippen molar-refractivity contribution in [1.29, 1.82) is 0 Å². The van der Waals surface area contributed by atoms with Crippen LogP contribution in [0.2, 0.25) is 0 Å². The third-order valence-electron chi connectivity index (χ3n) is 5.47. The van der Waals surface area contributed by atoms with Gasteiger partial charge in [-0.25, -0.2) is 0 Å². The molecule has 0 saturated heterocycles. The van der Waals surface area contributed by atoms with Gasteiger partial charge < -0.3 is 10.2 Å². The minimum Gasteiger partial charge on any atom is -0.339 e. The third kappa shape index (κ3) is 5.21. The average molecular weight is 410 g/mol. The van der Waals surface area contributed by atoms with Gasteiger partial charge >= 0.3 is 0 Å². The molecule has 0 bridgehead atoms. The Morgan fingerprint density at radius 1 is 0.966 bits per heavy atom. The molecule has 2 aromatic carbocycles.